The maximum atomic E-state index is 13.5. The van der Waals surface area contributed by atoms with Gasteiger partial charge in [0.2, 0.25) is 0 Å². The van der Waals surface area contributed by atoms with E-state index < -0.39 is 117 Å². The molecular weight excluding hydrogens is 805 g/mol. The number of nitrogens with zero attached hydrogens (tertiary/aromatic N) is 3. The van der Waals surface area contributed by atoms with Crippen LogP contribution in [0.1, 0.15) is 23.0 Å². The van der Waals surface area contributed by atoms with Crippen LogP contribution in [-0.4, -0.2) is 99.2 Å². The molecular formula is C28H26N6O16S4. The molecule has 0 bridgehead atoms. The molecule has 288 valence electrons. The number of hydrogen-bond donors (Lipinski definition) is 7. The fourth-order valence-corrected chi connectivity index (χ4v) is 6.97. The number of nitrogens with one attached hydrogen (secondary N) is 3. The summed E-state index contributed by atoms with van der Waals surface area (Å²) < 4.78 is 134. The lowest BCUT2D eigenvalue weighted by atomic mass is 10.1. The number of rotatable bonds is 11. The van der Waals surface area contributed by atoms with E-state index in [1.165, 1.54) is 26.1 Å². The Morgan fingerprint density at radius 2 is 1.26 bits per heavy atom. The van der Waals surface area contributed by atoms with Crippen LogP contribution in [0.15, 0.2) is 95.3 Å². The molecule has 0 saturated heterocycles. The summed E-state index contributed by atoms with van der Waals surface area (Å²) in [5.74, 6) is -3.13. The third-order valence-corrected chi connectivity index (χ3v) is 10.7. The summed E-state index contributed by atoms with van der Waals surface area (Å²) >= 11 is 0. The van der Waals surface area contributed by atoms with Gasteiger partial charge in [0, 0.05) is 14.1 Å². The van der Waals surface area contributed by atoms with Crippen molar-refractivity contribution in [2.75, 3.05) is 19.1 Å². The molecule has 22 nitrogen and oxygen atoms in total. The van der Waals surface area contributed by atoms with Crippen LogP contribution in [0.2, 0.25) is 0 Å². The number of amides is 3. The highest BCUT2D eigenvalue weighted by Gasteiger charge is 2.37. The average molecular weight is 831 g/mol. The van der Waals surface area contributed by atoms with Gasteiger partial charge in [-0.25, -0.2) is 4.68 Å². The summed E-state index contributed by atoms with van der Waals surface area (Å²) in [5, 5.41) is 10.9. The monoisotopic (exact) mass is 830 g/mol. The number of hydrogen-bond acceptors (Lipinski definition) is 13. The van der Waals surface area contributed by atoms with E-state index in [9.17, 15) is 71.1 Å². The molecule has 1 aromatic heterocycles. The van der Waals surface area contributed by atoms with Crippen molar-refractivity contribution >= 4 is 75.7 Å². The van der Waals surface area contributed by atoms with Crippen molar-refractivity contribution in [3.63, 3.8) is 0 Å². The average Bonchev–Trinajstić information content (AvgIpc) is 3.58. The van der Waals surface area contributed by atoms with Gasteiger partial charge in [0.1, 0.15) is 15.5 Å². The van der Waals surface area contributed by atoms with E-state index in [4.69, 9.17) is 0 Å². The Labute approximate surface area is 305 Å². The van der Waals surface area contributed by atoms with Gasteiger partial charge in [-0.3, -0.25) is 42.5 Å². The van der Waals surface area contributed by atoms with E-state index in [2.05, 4.69) is 20.8 Å². The summed E-state index contributed by atoms with van der Waals surface area (Å²) in [4.78, 5) is 48.7. The number of allylic oxidation sites excluding steroid dienone is 4. The van der Waals surface area contributed by atoms with Crippen LogP contribution in [0.3, 0.4) is 0 Å². The Kier molecular flexibility index (Phi) is 11.2. The van der Waals surface area contributed by atoms with Crippen LogP contribution in [-0.2, 0) is 50.1 Å². The van der Waals surface area contributed by atoms with E-state index in [1.807, 2.05) is 0 Å². The highest BCUT2D eigenvalue weighted by atomic mass is 32.2. The van der Waals surface area contributed by atoms with E-state index in [0.717, 1.165) is 19.2 Å². The smallest absolute Gasteiger partial charge is 0.296 e. The summed E-state index contributed by atoms with van der Waals surface area (Å²) in [5.41, 5.74) is -4.73. The van der Waals surface area contributed by atoms with Crippen molar-refractivity contribution in [2.24, 2.45) is 5.10 Å². The summed E-state index contributed by atoms with van der Waals surface area (Å²) in [7, 11) is -17.9. The molecule has 7 N–H and O–H groups in total. The van der Waals surface area contributed by atoms with E-state index >= 15 is 0 Å². The molecule has 0 radical (unpaired) electrons. The lowest BCUT2D eigenvalue weighted by molar-refractivity contribution is -0.116. The molecule has 1 aliphatic rings. The number of hydrazone groups is 1. The number of aromatic amines is 1. The molecule has 0 unspecified atom stereocenters. The Hall–Kier alpha value is -5.61. The fraction of sp³-hybridized carbons (Fsp3) is 0.107. The highest BCUT2D eigenvalue weighted by molar-refractivity contribution is 7.87. The maximum absolute atomic E-state index is 13.5. The summed E-state index contributed by atoms with van der Waals surface area (Å²) in [6.45, 7) is 1.39. The quantitative estimate of drug-likeness (QED) is 0.0731. The molecule has 2 heterocycles. The van der Waals surface area contributed by atoms with Crippen molar-refractivity contribution in [3.8, 4) is 5.69 Å². The van der Waals surface area contributed by atoms with Crippen LogP contribution in [0.25, 0.3) is 11.8 Å². The normalized spacial score (nSPS) is 15.2. The van der Waals surface area contributed by atoms with E-state index in [1.54, 1.807) is 0 Å². The van der Waals surface area contributed by atoms with Crippen molar-refractivity contribution in [2.45, 2.75) is 26.5 Å². The molecule has 0 fully saturated rings. The standard InChI is InChI=1S/C28H26N6O16S4/c1-14(4-8-17-23(25(35)29-2)31-33(27(17)37)19-12-15(51(39,40)41)6-10-21(19)53(45,46)47)5-9-18-24(26(36)30-3)32-34(28(18)38)20-13-16(52(42,43)44)7-11-22(20)54(48,49)50/h4-13,31H,1-3H3,(H,29,35)(H,30,36)(H,39,40,41)(H,42,43,44)(H,45,46,47)(H,48,49,50). The zero-order valence-electron chi connectivity index (χ0n) is 27.4. The van der Waals surface area contributed by atoms with Crippen molar-refractivity contribution in [1.29, 1.82) is 0 Å². The Morgan fingerprint density at radius 1 is 0.759 bits per heavy atom. The molecule has 0 spiro atoms. The molecule has 1 aliphatic heterocycles. The largest absolute Gasteiger partial charge is 0.354 e. The summed E-state index contributed by atoms with van der Waals surface area (Å²) in [6, 6.07) is 3.48. The van der Waals surface area contributed by atoms with Gasteiger partial charge in [-0.05, 0) is 55.5 Å². The first-order valence-corrected chi connectivity index (χ1v) is 20.0. The zero-order chi connectivity index (χ0) is 40.7. The highest BCUT2D eigenvalue weighted by Crippen LogP contribution is 2.33. The molecule has 3 amide bonds. The van der Waals surface area contributed by atoms with Crippen LogP contribution < -0.4 is 21.2 Å². The minimum absolute atomic E-state index is 0.166. The van der Waals surface area contributed by atoms with E-state index in [-0.39, 0.29) is 5.57 Å². The maximum Gasteiger partial charge on any atom is 0.296 e. The molecule has 4 rings (SSSR count). The van der Waals surface area contributed by atoms with E-state index in [0.29, 0.717) is 46.1 Å². The number of carbonyl (C=O) groups is 3. The van der Waals surface area contributed by atoms with Crippen molar-refractivity contribution < 1.29 is 66.3 Å². The van der Waals surface area contributed by atoms with Gasteiger partial charge in [0.15, 0.2) is 5.71 Å². The predicted octanol–water partition coefficient (Wildman–Crippen LogP) is -0.453. The number of carbonyl (C=O) groups excluding carboxylic acids is 3. The first-order valence-electron chi connectivity index (χ1n) is 14.3. The minimum atomic E-state index is -5.15. The second-order valence-corrected chi connectivity index (χ2v) is 16.4. The van der Waals surface area contributed by atoms with Crippen LogP contribution in [0, 0.1) is 0 Å². The number of benzene rings is 2. The van der Waals surface area contributed by atoms with Gasteiger partial charge in [-0.1, -0.05) is 17.7 Å². The summed E-state index contributed by atoms with van der Waals surface area (Å²) in [6.07, 6.45) is 4.43. The molecule has 2 aromatic carbocycles. The van der Waals surface area contributed by atoms with Crippen LogP contribution in [0.4, 0.5) is 5.69 Å². The molecule has 26 heteroatoms. The fourth-order valence-electron chi connectivity index (χ4n) is 4.66. The van der Waals surface area contributed by atoms with Gasteiger partial charge >= 0.3 is 0 Å². The van der Waals surface area contributed by atoms with Gasteiger partial charge in [0.25, 0.3) is 63.8 Å². The second kappa shape index (κ2) is 14.7. The first kappa shape index (κ1) is 41.2. The lowest BCUT2D eigenvalue weighted by Crippen LogP contribution is -2.28. The topological polar surface area (TPSA) is 346 Å². The molecule has 0 saturated carbocycles. The number of anilines is 1. The van der Waals surface area contributed by atoms with Crippen LogP contribution in [0.5, 0.6) is 0 Å². The van der Waals surface area contributed by atoms with Gasteiger partial charge < -0.3 is 10.6 Å². The Bertz CT molecular complexity index is 2780. The predicted molar refractivity (Wildman–Crippen MR) is 185 cm³/mol. The lowest BCUT2D eigenvalue weighted by Gasteiger charge is -2.15. The Morgan fingerprint density at radius 3 is 1.74 bits per heavy atom. The number of aromatic nitrogens is 2. The molecule has 0 aliphatic carbocycles. The van der Waals surface area contributed by atoms with Gasteiger partial charge in [-0.2, -0.15) is 43.8 Å². The molecule has 3 aromatic rings. The second-order valence-electron chi connectivity index (χ2n) is 10.7. The van der Waals surface area contributed by atoms with Crippen molar-refractivity contribution in [3.05, 3.63) is 87.4 Å². The molecule has 54 heavy (non-hydrogen) atoms. The number of H-pyrrole nitrogens is 1. The van der Waals surface area contributed by atoms with Crippen molar-refractivity contribution in [1.82, 2.24) is 20.4 Å². The Balaban J connectivity index is 1.84. The SMILES string of the molecule is CNC(=O)C1=NN(c2cc(S(=O)(=O)O)ccc2S(=O)(=O)O)C(=O)C1=CC=C(C)C=Cc1c(C(=O)NC)[nH]n(-c2cc(S(=O)(=O)O)ccc2S(=O)(=O)O)c1=O. The first-order chi connectivity index (χ1) is 24.8. The minimum Gasteiger partial charge on any atom is -0.354 e. The third-order valence-electron chi connectivity index (χ3n) is 7.21. The molecule has 0 atom stereocenters. The van der Waals surface area contributed by atoms with Gasteiger partial charge in [0.05, 0.1) is 32.3 Å². The zero-order valence-corrected chi connectivity index (χ0v) is 30.7. The third kappa shape index (κ3) is 8.44. The van der Waals surface area contributed by atoms with Crippen LogP contribution >= 0.6 is 0 Å². The van der Waals surface area contributed by atoms with Gasteiger partial charge in [-0.15, -0.1) is 0 Å².